The van der Waals surface area contributed by atoms with Gasteiger partial charge in [0.15, 0.2) is 0 Å². The number of rotatable bonds is 8. The minimum absolute atomic E-state index is 0.00533. The maximum Gasteiger partial charge on any atom is 0.255 e. The Hall–Kier alpha value is -2.66. The molecule has 1 N–H and O–H groups in total. The summed E-state index contributed by atoms with van der Waals surface area (Å²) in [6.45, 7) is 6.69. The summed E-state index contributed by atoms with van der Waals surface area (Å²) in [5, 5.41) is 3.07. The Balaban J connectivity index is 1.41. The topological polar surface area (TPSA) is 52.7 Å². The lowest BCUT2D eigenvalue weighted by Gasteiger charge is -2.28. The van der Waals surface area contributed by atoms with Crippen molar-refractivity contribution in [2.75, 3.05) is 26.2 Å². The van der Waals surface area contributed by atoms with Gasteiger partial charge in [-0.15, -0.1) is 0 Å². The van der Waals surface area contributed by atoms with Crippen LogP contribution in [0.15, 0.2) is 48.5 Å². The van der Waals surface area contributed by atoms with Crippen molar-refractivity contribution in [3.8, 4) is 0 Å². The number of likely N-dealkylation sites (tertiary alicyclic amines) is 1. The van der Waals surface area contributed by atoms with Crippen LogP contribution >= 0.6 is 0 Å². The average molecular weight is 406 g/mol. The molecule has 1 unspecified atom stereocenters. The zero-order valence-electron chi connectivity index (χ0n) is 17.8. The molecule has 2 aromatic carbocycles. The summed E-state index contributed by atoms with van der Waals surface area (Å²) in [5.74, 6) is 0.0174. The molecule has 5 heteroatoms. The van der Waals surface area contributed by atoms with E-state index in [9.17, 15) is 9.59 Å². The lowest BCUT2D eigenvalue weighted by molar-refractivity contribution is -0.122. The number of hydrogen-bond acceptors (Lipinski definition) is 3. The molecular weight excluding hydrogens is 374 g/mol. The Morgan fingerprint density at radius 1 is 1.07 bits per heavy atom. The Bertz CT molecular complexity index is 888. The number of nitrogens with zero attached hydrogens (tertiary/aromatic N) is 2. The van der Waals surface area contributed by atoms with E-state index in [2.05, 4.69) is 10.2 Å². The fourth-order valence-corrected chi connectivity index (χ4v) is 4.51. The molecular formula is C25H31N3O2. The summed E-state index contributed by atoms with van der Waals surface area (Å²) in [4.78, 5) is 30.1. The molecule has 2 aliphatic rings. The summed E-state index contributed by atoms with van der Waals surface area (Å²) in [7, 11) is 0. The molecule has 30 heavy (non-hydrogen) atoms. The third-order valence-electron chi connectivity index (χ3n) is 6.24. The van der Waals surface area contributed by atoms with E-state index in [-0.39, 0.29) is 24.3 Å². The van der Waals surface area contributed by atoms with Crippen LogP contribution in [0.2, 0.25) is 0 Å². The van der Waals surface area contributed by atoms with Crippen LogP contribution in [-0.2, 0) is 11.3 Å². The van der Waals surface area contributed by atoms with Crippen LogP contribution in [-0.4, -0.2) is 47.8 Å². The molecule has 2 amide bonds. The van der Waals surface area contributed by atoms with Crippen molar-refractivity contribution < 1.29 is 9.59 Å². The Morgan fingerprint density at radius 2 is 1.80 bits per heavy atom. The fraction of sp³-hybridized carbons (Fsp3) is 0.440. The number of benzene rings is 2. The molecule has 0 aliphatic carbocycles. The largest absolute Gasteiger partial charge is 0.356 e. The summed E-state index contributed by atoms with van der Waals surface area (Å²) < 4.78 is 0. The van der Waals surface area contributed by atoms with Crippen LogP contribution in [0.1, 0.15) is 58.8 Å². The molecule has 1 saturated heterocycles. The second-order valence-corrected chi connectivity index (χ2v) is 8.47. The van der Waals surface area contributed by atoms with Gasteiger partial charge in [-0.2, -0.15) is 0 Å². The second-order valence-electron chi connectivity index (χ2n) is 8.47. The lowest BCUT2D eigenvalue weighted by atomic mass is 10.00. The van der Waals surface area contributed by atoms with Crippen molar-refractivity contribution in [3.63, 3.8) is 0 Å². The summed E-state index contributed by atoms with van der Waals surface area (Å²) in [6.07, 6.45) is 3.83. The number of amides is 2. The van der Waals surface area contributed by atoms with Crippen LogP contribution in [0.4, 0.5) is 0 Å². The SMILES string of the molecule is Cc1ccc(C(CC(=O)NCCCN2CCCC2)N2Cc3ccccc3C2=O)cc1. The number of nitrogens with one attached hydrogen (secondary N) is 1. The first-order valence-corrected chi connectivity index (χ1v) is 11.1. The van der Waals surface area contributed by atoms with Crippen LogP contribution in [0.25, 0.3) is 0 Å². The molecule has 2 aliphatic heterocycles. The van der Waals surface area contributed by atoms with Crippen molar-refractivity contribution in [3.05, 3.63) is 70.8 Å². The quantitative estimate of drug-likeness (QED) is 0.682. The monoisotopic (exact) mass is 405 g/mol. The third kappa shape index (κ3) is 4.73. The average Bonchev–Trinajstić information content (AvgIpc) is 3.39. The molecule has 0 aromatic heterocycles. The van der Waals surface area contributed by atoms with Gasteiger partial charge in [0.25, 0.3) is 5.91 Å². The number of hydrogen-bond donors (Lipinski definition) is 1. The highest BCUT2D eigenvalue weighted by atomic mass is 16.2. The van der Waals surface area contributed by atoms with Gasteiger partial charge in [-0.3, -0.25) is 9.59 Å². The first-order chi connectivity index (χ1) is 14.6. The van der Waals surface area contributed by atoms with Crippen molar-refractivity contribution in [2.45, 2.75) is 45.2 Å². The van der Waals surface area contributed by atoms with Crippen LogP contribution in [0, 0.1) is 6.92 Å². The Kier molecular flexibility index (Phi) is 6.48. The van der Waals surface area contributed by atoms with Gasteiger partial charge in [0.2, 0.25) is 5.91 Å². The van der Waals surface area contributed by atoms with Gasteiger partial charge in [-0.1, -0.05) is 48.0 Å². The smallest absolute Gasteiger partial charge is 0.255 e. The van der Waals surface area contributed by atoms with Crippen molar-refractivity contribution in [2.24, 2.45) is 0 Å². The predicted molar refractivity (Wildman–Crippen MR) is 118 cm³/mol. The molecule has 2 heterocycles. The van der Waals surface area contributed by atoms with Gasteiger partial charge in [-0.25, -0.2) is 0 Å². The zero-order chi connectivity index (χ0) is 20.9. The summed E-state index contributed by atoms with van der Waals surface area (Å²) in [5.41, 5.74) is 3.96. The van der Waals surface area contributed by atoms with Gasteiger partial charge in [-0.05, 0) is 63.0 Å². The summed E-state index contributed by atoms with van der Waals surface area (Å²) in [6, 6.07) is 15.6. The first kappa shape index (κ1) is 20.6. The lowest BCUT2D eigenvalue weighted by Crippen LogP contribution is -2.35. The number of aryl methyl sites for hydroxylation is 1. The molecule has 0 radical (unpaired) electrons. The number of carbonyl (C=O) groups excluding carboxylic acids is 2. The van der Waals surface area contributed by atoms with Crippen LogP contribution in [0.5, 0.6) is 0 Å². The van der Waals surface area contributed by atoms with Crippen LogP contribution in [0.3, 0.4) is 0 Å². The van der Waals surface area contributed by atoms with E-state index in [1.165, 1.54) is 31.5 Å². The standard InChI is InChI=1S/C25H31N3O2/c1-19-9-11-20(12-10-19)23(28-18-21-7-2-3-8-22(21)25(28)30)17-24(29)26-13-6-16-27-14-4-5-15-27/h2-3,7-12,23H,4-6,13-18H2,1H3,(H,26,29). The van der Waals surface area contributed by atoms with Gasteiger partial charge in [0.1, 0.15) is 0 Å². The molecule has 2 aromatic rings. The van der Waals surface area contributed by atoms with Gasteiger partial charge >= 0.3 is 0 Å². The van der Waals surface area contributed by atoms with Crippen molar-refractivity contribution >= 4 is 11.8 Å². The highest BCUT2D eigenvalue weighted by Crippen LogP contribution is 2.33. The van der Waals surface area contributed by atoms with Gasteiger partial charge in [0.05, 0.1) is 12.5 Å². The first-order valence-electron chi connectivity index (χ1n) is 11.1. The summed E-state index contributed by atoms with van der Waals surface area (Å²) >= 11 is 0. The zero-order valence-corrected chi connectivity index (χ0v) is 17.8. The van der Waals surface area contributed by atoms with Crippen LogP contribution < -0.4 is 5.32 Å². The predicted octanol–water partition coefficient (Wildman–Crippen LogP) is 3.68. The third-order valence-corrected chi connectivity index (χ3v) is 6.24. The highest BCUT2D eigenvalue weighted by Gasteiger charge is 2.34. The van der Waals surface area contributed by atoms with Crippen molar-refractivity contribution in [1.29, 1.82) is 0 Å². The Labute approximate surface area is 179 Å². The van der Waals surface area contributed by atoms with E-state index >= 15 is 0 Å². The minimum atomic E-state index is -0.260. The highest BCUT2D eigenvalue weighted by molar-refractivity contribution is 5.98. The normalized spacial score (nSPS) is 17.2. The minimum Gasteiger partial charge on any atom is -0.356 e. The second kappa shape index (κ2) is 9.43. The van der Waals surface area contributed by atoms with E-state index in [0.717, 1.165) is 29.7 Å². The molecule has 5 nitrogen and oxygen atoms in total. The van der Waals surface area contributed by atoms with Gasteiger partial charge in [0, 0.05) is 18.7 Å². The Morgan fingerprint density at radius 3 is 2.53 bits per heavy atom. The molecule has 0 saturated carbocycles. The van der Waals surface area contributed by atoms with E-state index in [1.807, 2.05) is 60.4 Å². The number of fused-ring (bicyclic) bond motifs is 1. The molecule has 0 spiro atoms. The maximum absolute atomic E-state index is 13.1. The maximum atomic E-state index is 13.1. The van der Waals surface area contributed by atoms with Gasteiger partial charge < -0.3 is 15.1 Å². The van der Waals surface area contributed by atoms with E-state index < -0.39 is 0 Å². The molecule has 1 atom stereocenters. The van der Waals surface area contributed by atoms with E-state index in [1.54, 1.807) is 0 Å². The van der Waals surface area contributed by atoms with E-state index in [4.69, 9.17) is 0 Å². The molecule has 4 rings (SSSR count). The molecule has 158 valence electrons. The number of carbonyl (C=O) groups is 2. The van der Waals surface area contributed by atoms with Crippen molar-refractivity contribution in [1.82, 2.24) is 15.1 Å². The molecule has 0 bridgehead atoms. The molecule has 1 fully saturated rings. The van der Waals surface area contributed by atoms with E-state index in [0.29, 0.717) is 13.1 Å². The fourth-order valence-electron chi connectivity index (χ4n) is 4.51.